The molecule has 3 heterocycles. The molecule has 18 heavy (non-hydrogen) atoms. The lowest BCUT2D eigenvalue weighted by molar-refractivity contribution is -0.117. The molecule has 0 aromatic carbocycles. The first-order chi connectivity index (χ1) is 8.72. The zero-order chi connectivity index (χ0) is 12.5. The van der Waals surface area contributed by atoms with Gasteiger partial charge in [0.1, 0.15) is 5.65 Å². The van der Waals surface area contributed by atoms with E-state index in [0.29, 0.717) is 0 Å². The number of nitrogens with zero attached hydrogens (tertiary/aromatic N) is 2. The van der Waals surface area contributed by atoms with Crippen molar-refractivity contribution in [3.8, 4) is 0 Å². The van der Waals surface area contributed by atoms with E-state index in [1.54, 1.807) is 0 Å². The van der Waals surface area contributed by atoms with Crippen LogP contribution in [0.15, 0.2) is 24.5 Å². The molecule has 3 rings (SSSR count). The minimum atomic E-state index is -0.0507. The molecule has 1 amide bonds. The van der Waals surface area contributed by atoms with Gasteiger partial charge < -0.3 is 15.0 Å². The Bertz CT molecular complexity index is 584. The van der Waals surface area contributed by atoms with Crippen molar-refractivity contribution >= 4 is 17.2 Å². The Morgan fingerprint density at radius 1 is 1.50 bits per heavy atom. The Labute approximate surface area is 105 Å². The third-order valence-corrected chi connectivity index (χ3v) is 3.22. The summed E-state index contributed by atoms with van der Waals surface area (Å²) in [7, 11) is 0. The standard InChI is InChI=1S/C13H16N4O/c1-9-7-17-8-10(4-5-12(17)15-9)16-13(18)11-3-2-6-14-11/h4-5,7-8,11,14H,2-3,6H2,1H3,(H,16,18). The second kappa shape index (κ2) is 4.42. The van der Waals surface area contributed by atoms with Crippen molar-refractivity contribution in [1.29, 1.82) is 0 Å². The molecule has 2 N–H and O–H groups in total. The molecule has 0 bridgehead atoms. The predicted molar refractivity (Wildman–Crippen MR) is 69.6 cm³/mol. The summed E-state index contributed by atoms with van der Waals surface area (Å²) in [5, 5.41) is 6.12. The highest BCUT2D eigenvalue weighted by molar-refractivity contribution is 5.95. The fourth-order valence-electron chi connectivity index (χ4n) is 2.33. The molecule has 2 aromatic rings. The summed E-state index contributed by atoms with van der Waals surface area (Å²) in [4.78, 5) is 16.3. The van der Waals surface area contributed by atoms with E-state index >= 15 is 0 Å². The molecule has 0 spiro atoms. The lowest BCUT2D eigenvalue weighted by atomic mass is 10.2. The second-order valence-corrected chi connectivity index (χ2v) is 4.70. The van der Waals surface area contributed by atoms with Crippen LogP contribution in [0.5, 0.6) is 0 Å². The molecular formula is C13H16N4O. The number of amides is 1. The molecule has 0 aliphatic carbocycles. The number of hydrogen-bond donors (Lipinski definition) is 2. The van der Waals surface area contributed by atoms with Crippen molar-refractivity contribution in [1.82, 2.24) is 14.7 Å². The average Bonchev–Trinajstić information content (AvgIpc) is 2.95. The second-order valence-electron chi connectivity index (χ2n) is 4.70. The Hall–Kier alpha value is -1.88. The van der Waals surface area contributed by atoms with Crippen LogP contribution in [0, 0.1) is 6.92 Å². The smallest absolute Gasteiger partial charge is 0.241 e. The van der Waals surface area contributed by atoms with E-state index in [2.05, 4.69) is 15.6 Å². The van der Waals surface area contributed by atoms with E-state index in [9.17, 15) is 4.79 Å². The van der Waals surface area contributed by atoms with Crippen LogP contribution >= 0.6 is 0 Å². The summed E-state index contributed by atoms with van der Waals surface area (Å²) in [5.74, 6) is 0.0451. The molecule has 94 valence electrons. The van der Waals surface area contributed by atoms with Crippen LogP contribution in [0.2, 0.25) is 0 Å². The van der Waals surface area contributed by atoms with Gasteiger partial charge in [-0.25, -0.2) is 4.98 Å². The first-order valence-electron chi connectivity index (χ1n) is 6.22. The number of rotatable bonds is 2. The van der Waals surface area contributed by atoms with Crippen molar-refractivity contribution in [3.63, 3.8) is 0 Å². The van der Waals surface area contributed by atoms with Gasteiger partial charge >= 0.3 is 0 Å². The summed E-state index contributed by atoms with van der Waals surface area (Å²) >= 11 is 0. The number of hydrogen-bond acceptors (Lipinski definition) is 3. The summed E-state index contributed by atoms with van der Waals surface area (Å²) in [6.07, 6.45) is 5.82. The van der Waals surface area contributed by atoms with Crippen LogP contribution in [0.1, 0.15) is 18.5 Å². The molecule has 0 radical (unpaired) electrons. The number of imidazole rings is 1. The Morgan fingerprint density at radius 3 is 3.17 bits per heavy atom. The fourth-order valence-corrected chi connectivity index (χ4v) is 2.33. The zero-order valence-corrected chi connectivity index (χ0v) is 10.3. The zero-order valence-electron chi connectivity index (χ0n) is 10.3. The summed E-state index contributed by atoms with van der Waals surface area (Å²) in [6.45, 7) is 2.88. The highest BCUT2D eigenvalue weighted by atomic mass is 16.2. The monoisotopic (exact) mass is 244 g/mol. The van der Waals surface area contributed by atoms with E-state index in [1.165, 1.54) is 0 Å². The number of nitrogens with one attached hydrogen (secondary N) is 2. The largest absolute Gasteiger partial charge is 0.323 e. The summed E-state index contributed by atoms with van der Waals surface area (Å²) in [6, 6.07) is 3.74. The molecule has 1 aliphatic rings. The third kappa shape index (κ3) is 2.09. The van der Waals surface area contributed by atoms with Crippen molar-refractivity contribution < 1.29 is 4.79 Å². The summed E-state index contributed by atoms with van der Waals surface area (Å²) < 4.78 is 1.92. The third-order valence-electron chi connectivity index (χ3n) is 3.22. The first kappa shape index (κ1) is 11.2. The Morgan fingerprint density at radius 2 is 2.39 bits per heavy atom. The topological polar surface area (TPSA) is 58.4 Å². The number of anilines is 1. The number of pyridine rings is 1. The molecule has 0 saturated carbocycles. The highest BCUT2D eigenvalue weighted by Crippen LogP contribution is 2.13. The molecule has 5 heteroatoms. The maximum Gasteiger partial charge on any atom is 0.241 e. The van der Waals surface area contributed by atoms with Gasteiger partial charge in [0, 0.05) is 12.4 Å². The molecular weight excluding hydrogens is 228 g/mol. The van der Waals surface area contributed by atoms with Gasteiger partial charge in [-0.05, 0) is 38.4 Å². The minimum Gasteiger partial charge on any atom is -0.323 e. The van der Waals surface area contributed by atoms with Crippen LogP contribution in [0.4, 0.5) is 5.69 Å². The average molecular weight is 244 g/mol. The SMILES string of the molecule is Cc1cn2cc(NC(=O)C3CCCN3)ccc2n1. The van der Waals surface area contributed by atoms with E-state index < -0.39 is 0 Å². The molecule has 2 aromatic heterocycles. The van der Waals surface area contributed by atoms with Gasteiger partial charge in [0.15, 0.2) is 0 Å². The highest BCUT2D eigenvalue weighted by Gasteiger charge is 2.21. The van der Waals surface area contributed by atoms with Gasteiger partial charge in [-0.15, -0.1) is 0 Å². The summed E-state index contributed by atoms with van der Waals surface area (Å²) in [5.41, 5.74) is 2.67. The number of aryl methyl sites for hydroxylation is 1. The van der Waals surface area contributed by atoms with Crippen LogP contribution in [-0.4, -0.2) is 27.9 Å². The van der Waals surface area contributed by atoms with E-state index in [1.807, 2.05) is 35.9 Å². The molecule has 1 aliphatic heterocycles. The van der Waals surface area contributed by atoms with E-state index in [4.69, 9.17) is 0 Å². The molecule has 1 atom stereocenters. The van der Waals surface area contributed by atoms with Crippen molar-refractivity contribution in [2.75, 3.05) is 11.9 Å². The molecule has 5 nitrogen and oxygen atoms in total. The molecule has 1 saturated heterocycles. The van der Waals surface area contributed by atoms with Crippen molar-refractivity contribution in [2.24, 2.45) is 0 Å². The van der Waals surface area contributed by atoms with Crippen molar-refractivity contribution in [2.45, 2.75) is 25.8 Å². The van der Waals surface area contributed by atoms with Gasteiger partial charge in [-0.1, -0.05) is 0 Å². The van der Waals surface area contributed by atoms with Crippen LogP contribution < -0.4 is 10.6 Å². The van der Waals surface area contributed by atoms with Gasteiger partial charge in [-0.3, -0.25) is 4.79 Å². The van der Waals surface area contributed by atoms with Gasteiger partial charge in [0.05, 0.1) is 17.4 Å². The van der Waals surface area contributed by atoms with E-state index in [0.717, 1.165) is 36.4 Å². The predicted octanol–water partition coefficient (Wildman–Crippen LogP) is 1.33. The number of carbonyl (C=O) groups is 1. The van der Waals surface area contributed by atoms with Crippen LogP contribution in [0.3, 0.4) is 0 Å². The van der Waals surface area contributed by atoms with Crippen LogP contribution in [0.25, 0.3) is 5.65 Å². The lowest BCUT2D eigenvalue weighted by Crippen LogP contribution is -2.35. The normalized spacial score (nSPS) is 19.3. The molecule has 1 fully saturated rings. The van der Waals surface area contributed by atoms with Crippen LogP contribution in [-0.2, 0) is 4.79 Å². The van der Waals surface area contributed by atoms with Gasteiger partial charge in [0.2, 0.25) is 5.91 Å². The number of carbonyl (C=O) groups excluding carboxylic acids is 1. The van der Waals surface area contributed by atoms with E-state index in [-0.39, 0.29) is 11.9 Å². The first-order valence-corrected chi connectivity index (χ1v) is 6.22. The Kier molecular flexibility index (Phi) is 2.76. The number of aromatic nitrogens is 2. The van der Waals surface area contributed by atoms with Gasteiger partial charge in [0.25, 0.3) is 0 Å². The number of fused-ring (bicyclic) bond motifs is 1. The minimum absolute atomic E-state index is 0.0451. The van der Waals surface area contributed by atoms with Gasteiger partial charge in [-0.2, -0.15) is 0 Å². The quantitative estimate of drug-likeness (QED) is 0.838. The maximum absolute atomic E-state index is 12.0. The Balaban J connectivity index is 1.79. The maximum atomic E-state index is 12.0. The molecule has 1 unspecified atom stereocenters. The lowest BCUT2D eigenvalue weighted by Gasteiger charge is -2.11. The van der Waals surface area contributed by atoms with Crippen molar-refractivity contribution in [3.05, 3.63) is 30.2 Å². The fraction of sp³-hybridized carbons (Fsp3) is 0.385.